The lowest BCUT2D eigenvalue weighted by Gasteiger charge is -2.23. The van der Waals surface area contributed by atoms with Crippen LogP contribution < -0.4 is 5.32 Å². The third-order valence-corrected chi connectivity index (χ3v) is 4.27. The van der Waals surface area contributed by atoms with Gasteiger partial charge in [-0.2, -0.15) is 0 Å². The third-order valence-electron chi connectivity index (χ3n) is 4.27. The minimum absolute atomic E-state index is 0.209. The zero-order valence-corrected chi connectivity index (χ0v) is 10.9. The number of likely N-dealkylation sites (tertiary alicyclic amines) is 1. The zero-order chi connectivity index (χ0) is 12.7. The average Bonchev–Trinajstić information content (AvgIpc) is 2.99. The van der Waals surface area contributed by atoms with Gasteiger partial charge in [0.05, 0.1) is 12.1 Å². The van der Waals surface area contributed by atoms with Gasteiger partial charge in [-0.25, -0.2) is 0 Å². The Kier molecular flexibility index (Phi) is 2.86. The molecule has 5 heteroatoms. The van der Waals surface area contributed by atoms with E-state index < -0.39 is 0 Å². The molecule has 2 saturated heterocycles. The molecule has 1 amide bonds. The van der Waals surface area contributed by atoms with Crippen molar-refractivity contribution in [2.45, 2.75) is 32.7 Å². The van der Waals surface area contributed by atoms with Crippen molar-refractivity contribution >= 4 is 5.91 Å². The van der Waals surface area contributed by atoms with Crippen molar-refractivity contribution in [3.8, 4) is 0 Å². The summed E-state index contributed by atoms with van der Waals surface area (Å²) in [7, 11) is 0. The SMILES string of the molecule is Cc1noc(C)c1CC(=O)N1CC[C@@H]2CNC[C@@H]21. The van der Waals surface area contributed by atoms with E-state index in [-0.39, 0.29) is 5.91 Å². The molecule has 1 aromatic heterocycles. The van der Waals surface area contributed by atoms with Crippen LogP contribution in [0.5, 0.6) is 0 Å². The number of aryl methyl sites for hydroxylation is 2. The van der Waals surface area contributed by atoms with Gasteiger partial charge in [0.1, 0.15) is 5.76 Å². The monoisotopic (exact) mass is 249 g/mol. The first-order chi connectivity index (χ1) is 8.66. The summed E-state index contributed by atoms with van der Waals surface area (Å²) in [4.78, 5) is 14.4. The molecule has 2 fully saturated rings. The maximum atomic E-state index is 12.4. The molecule has 2 atom stereocenters. The Morgan fingerprint density at radius 1 is 1.50 bits per heavy atom. The highest BCUT2D eigenvalue weighted by Crippen LogP contribution is 2.28. The summed E-state index contributed by atoms with van der Waals surface area (Å²) in [6.07, 6.45) is 1.55. The normalized spacial score (nSPS) is 26.7. The molecule has 3 rings (SSSR count). The fourth-order valence-electron chi connectivity index (χ4n) is 3.17. The molecule has 5 nitrogen and oxygen atoms in total. The number of rotatable bonds is 2. The molecule has 0 unspecified atom stereocenters. The van der Waals surface area contributed by atoms with Gasteiger partial charge in [-0.3, -0.25) is 4.79 Å². The van der Waals surface area contributed by atoms with Gasteiger partial charge < -0.3 is 14.7 Å². The summed E-state index contributed by atoms with van der Waals surface area (Å²) in [5.74, 6) is 1.63. The number of fused-ring (bicyclic) bond motifs is 1. The standard InChI is InChI=1S/C13H19N3O2/c1-8-11(9(2)18-15-8)5-13(17)16-4-3-10-6-14-7-12(10)16/h10,12,14H,3-7H2,1-2H3/t10-,12+/m1/s1. The number of hydrogen-bond acceptors (Lipinski definition) is 4. The predicted molar refractivity (Wildman–Crippen MR) is 66.2 cm³/mol. The molecule has 0 radical (unpaired) electrons. The molecular formula is C13H19N3O2. The second kappa shape index (κ2) is 4.39. The minimum Gasteiger partial charge on any atom is -0.361 e. The fourth-order valence-corrected chi connectivity index (χ4v) is 3.17. The Bertz CT molecular complexity index is 449. The summed E-state index contributed by atoms with van der Waals surface area (Å²) < 4.78 is 5.11. The number of carbonyl (C=O) groups excluding carboxylic acids is 1. The van der Waals surface area contributed by atoms with Crippen molar-refractivity contribution in [3.05, 3.63) is 17.0 Å². The first kappa shape index (κ1) is 11.7. The Balaban J connectivity index is 1.72. The zero-order valence-electron chi connectivity index (χ0n) is 10.9. The molecule has 0 aliphatic carbocycles. The minimum atomic E-state index is 0.209. The van der Waals surface area contributed by atoms with Crippen LogP contribution in [-0.2, 0) is 11.2 Å². The van der Waals surface area contributed by atoms with E-state index in [9.17, 15) is 4.79 Å². The summed E-state index contributed by atoms with van der Waals surface area (Å²) in [6, 6.07) is 0.401. The molecule has 18 heavy (non-hydrogen) atoms. The van der Waals surface area contributed by atoms with E-state index in [2.05, 4.69) is 10.5 Å². The lowest BCUT2D eigenvalue weighted by atomic mass is 10.0. The van der Waals surface area contributed by atoms with Crippen molar-refractivity contribution in [1.82, 2.24) is 15.4 Å². The number of carbonyl (C=O) groups is 1. The maximum Gasteiger partial charge on any atom is 0.227 e. The topological polar surface area (TPSA) is 58.4 Å². The number of nitrogens with one attached hydrogen (secondary N) is 1. The van der Waals surface area contributed by atoms with Crippen molar-refractivity contribution in [1.29, 1.82) is 0 Å². The number of aromatic nitrogens is 1. The third kappa shape index (κ3) is 1.82. The maximum absolute atomic E-state index is 12.4. The van der Waals surface area contributed by atoms with Gasteiger partial charge >= 0.3 is 0 Å². The van der Waals surface area contributed by atoms with Crippen molar-refractivity contribution < 1.29 is 9.32 Å². The predicted octanol–water partition coefficient (Wildman–Crippen LogP) is 0.654. The molecule has 0 saturated carbocycles. The highest BCUT2D eigenvalue weighted by atomic mass is 16.5. The van der Waals surface area contributed by atoms with Crippen LogP contribution in [-0.4, -0.2) is 41.6 Å². The van der Waals surface area contributed by atoms with Gasteiger partial charge in [-0.05, 0) is 26.2 Å². The first-order valence-corrected chi connectivity index (χ1v) is 6.58. The molecule has 3 heterocycles. The van der Waals surface area contributed by atoms with E-state index in [0.717, 1.165) is 43.1 Å². The Morgan fingerprint density at radius 3 is 3.06 bits per heavy atom. The Morgan fingerprint density at radius 2 is 2.33 bits per heavy atom. The van der Waals surface area contributed by atoms with Crippen LogP contribution in [0.1, 0.15) is 23.4 Å². The number of nitrogens with zero attached hydrogens (tertiary/aromatic N) is 2. The first-order valence-electron chi connectivity index (χ1n) is 6.58. The van der Waals surface area contributed by atoms with Crippen LogP contribution in [0.2, 0.25) is 0 Å². The van der Waals surface area contributed by atoms with E-state index in [4.69, 9.17) is 4.52 Å². The van der Waals surface area contributed by atoms with E-state index >= 15 is 0 Å². The molecule has 0 spiro atoms. The molecule has 1 aromatic rings. The van der Waals surface area contributed by atoms with Crippen LogP contribution in [0.4, 0.5) is 0 Å². The van der Waals surface area contributed by atoms with Crippen LogP contribution in [0, 0.1) is 19.8 Å². The van der Waals surface area contributed by atoms with Gasteiger partial charge in [0.2, 0.25) is 5.91 Å². The van der Waals surface area contributed by atoms with Gasteiger partial charge in [-0.1, -0.05) is 5.16 Å². The molecule has 0 aromatic carbocycles. The van der Waals surface area contributed by atoms with Gasteiger partial charge in [0.25, 0.3) is 0 Å². The second-order valence-electron chi connectivity index (χ2n) is 5.34. The lowest BCUT2D eigenvalue weighted by molar-refractivity contribution is -0.131. The fraction of sp³-hybridized carbons (Fsp3) is 0.692. The molecule has 2 aliphatic rings. The molecule has 2 aliphatic heterocycles. The van der Waals surface area contributed by atoms with Crippen LogP contribution in [0.3, 0.4) is 0 Å². The lowest BCUT2D eigenvalue weighted by Crippen LogP contribution is -2.40. The summed E-state index contributed by atoms with van der Waals surface area (Å²) >= 11 is 0. The average molecular weight is 249 g/mol. The largest absolute Gasteiger partial charge is 0.361 e. The van der Waals surface area contributed by atoms with E-state index in [1.54, 1.807) is 0 Å². The van der Waals surface area contributed by atoms with Crippen LogP contribution in [0.15, 0.2) is 4.52 Å². The Labute approximate surface area is 107 Å². The number of amides is 1. The highest BCUT2D eigenvalue weighted by Gasteiger charge is 2.39. The quantitative estimate of drug-likeness (QED) is 0.836. The van der Waals surface area contributed by atoms with E-state index in [0.29, 0.717) is 18.4 Å². The molecule has 1 N–H and O–H groups in total. The van der Waals surface area contributed by atoms with Crippen LogP contribution in [0.25, 0.3) is 0 Å². The summed E-state index contributed by atoms with van der Waals surface area (Å²) in [6.45, 7) is 6.66. The van der Waals surface area contributed by atoms with Crippen molar-refractivity contribution in [2.75, 3.05) is 19.6 Å². The molecular weight excluding hydrogens is 230 g/mol. The second-order valence-corrected chi connectivity index (χ2v) is 5.34. The number of hydrogen-bond donors (Lipinski definition) is 1. The smallest absolute Gasteiger partial charge is 0.227 e. The van der Waals surface area contributed by atoms with Gasteiger partial charge in [-0.15, -0.1) is 0 Å². The summed E-state index contributed by atoms with van der Waals surface area (Å²) in [5, 5.41) is 7.27. The van der Waals surface area contributed by atoms with E-state index in [1.165, 1.54) is 0 Å². The molecule has 98 valence electrons. The van der Waals surface area contributed by atoms with Gasteiger partial charge in [0.15, 0.2) is 0 Å². The summed E-state index contributed by atoms with van der Waals surface area (Å²) in [5.41, 5.74) is 1.79. The van der Waals surface area contributed by atoms with Gasteiger partial charge in [0, 0.05) is 31.2 Å². The molecule has 0 bridgehead atoms. The van der Waals surface area contributed by atoms with Crippen LogP contribution >= 0.6 is 0 Å². The highest BCUT2D eigenvalue weighted by molar-refractivity contribution is 5.80. The van der Waals surface area contributed by atoms with E-state index in [1.807, 2.05) is 18.7 Å². The van der Waals surface area contributed by atoms with Crippen molar-refractivity contribution in [3.63, 3.8) is 0 Å². The van der Waals surface area contributed by atoms with Crippen molar-refractivity contribution in [2.24, 2.45) is 5.92 Å². The Hall–Kier alpha value is -1.36.